The molecule has 0 saturated heterocycles. The van der Waals surface area contributed by atoms with Crippen molar-refractivity contribution in [3.05, 3.63) is 120 Å². The maximum absolute atomic E-state index is 13.1. The molecule has 0 aliphatic heterocycles. The summed E-state index contributed by atoms with van der Waals surface area (Å²) in [4.78, 5) is 20.6. The third-order valence-electron chi connectivity index (χ3n) is 5.51. The summed E-state index contributed by atoms with van der Waals surface area (Å²) in [6.45, 7) is 0. The zero-order valence-electron chi connectivity index (χ0n) is 18.0. The molecule has 0 aliphatic rings. The van der Waals surface area contributed by atoms with Crippen molar-refractivity contribution in [3.8, 4) is 0 Å². The van der Waals surface area contributed by atoms with Crippen LogP contribution >= 0.6 is 0 Å². The van der Waals surface area contributed by atoms with Crippen LogP contribution in [0.2, 0.25) is 0 Å². The van der Waals surface area contributed by atoms with Crippen molar-refractivity contribution < 1.29 is 17.6 Å². The summed E-state index contributed by atoms with van der Waals surface area (Å²) in [6.07, 6.45) is 1.62. The summed E-state index contributed by atoms with van der Waals surface area (Å²) in [5.41, 5.74) is 3.46. The lowest BCUT2D eigenvalue weighted by Crippen LogP contribution is -2.29. The quantitative estimate of drug-likeness (QED) is 0.360. The maximum atomic E-state index is 13.1. The molecule has 34 heavy (non-hydrogen) atoms. The van der Waals surface area contributed by atoms with Crippen molar-refractivity contribution >= 4 is 26.8 Å². The molecule has 2 aromatic heterocycles. The first-order chi connectivity index (χ1) is 16.5. The van der Waals surface area contributed by atoms with Gasteiger partial charge in [-0.25, -0.2) is 13.4 Å². The van der Waals surface area contributed by atoms with E-state index in [-0.39, 0.29) is 22.2 Å². The van der Waals surface area contributed by atoms with Gasteiger partial charge in [-0.15, -0.1) is 0 Å². The van der Waals surface area contributed by atoms with E-state index in [1.807, 2.05) is 48.5 Å². The number of aromatic nitrogens is 2. The molecule has 170 valence electrons. The summed E-state index contributed by atoms with van der Waals surface area (Å²) in [5.74, 6) is -0.531. The molecule has 2 heterocycles. The van der Waals surface area contributed by atoms with Gasteiger partial charge in [0.2, 0.25) is 0 Å². The number of aromatic amines is 1. The largest absolute Gasteiger partial charge is 0.455 e. The van der Waals surface area contributed by atoms with E-state index in [9.17, 15) is 13.2 Å². The fraction of sp³-hybridized carbons (Fsp3) is 0.0769. The number of carbonyl (C=O) groups is 1. The van der Waals surface area contributed by atoms with Gasteiger partial charge in [-0.2, -0.15) is 0 Å². The van der Waals surface area contributed by atoms with Gasteiger partial charge in [0.05, 0.1) is 28.3 Å². The Morgan fingerprint density at radius 2 is 1.65 bits per heavy atom. The van der Waals surface area contributed by atoms with Crippen LogP contribution in [0.4, 0.5) is 0 Å². The lowest BCUT2D eigenvalue weighted by molar-refractivity contribution is 0.0913. The molecule has 0 radical (unpaired) electrons. The average molecular weight is 472 g/mol. The van der Waals surface area contributed by atoms with Crippen LogP contribution in [-0.2, 0) is 15.6 Å². The summed E-state index contributed by atoms with van der Waals surface area (Å²) in [6, 6.07) is 26.1. The fourth-order valence-electron chi connectivity index (χ4n) is 3.82. The zero-order valence-corrected chi connectivity index (χ0v) is 18.8. The van der Waals surface area contributed by atoms with E-state index in [0.717, 1.165) is 22.2 Å². The summed E-state index contributed by atoms with van der Waals surface area (Å²) in [7, 11) is -3.58. The van der Waals surface area contributed by atoms with Gasteiger partial charge >= 0.3 is 0 Å². The number of fused-ring (bicyclic) bond motifs is 1. The Morgan fingerprint density at radius 3 is 2.41 bits per heavy atom. The molecule has 1 atom stereocenters. The van der Waals surface area contributed by atoms with Crippen LogP contribution in [0, 0.1) is 0 Å². The lowest BCUT2D eigenvalue weighted by atomic mass is 9.98. The van der Waals surface area contributed by atoms with Gasteiger partial charge in [0.25, 0.3) is 5.91 Å². The van der Waals surface area contributed by atoms with E-state index in [0.29, 0.717) is 0 Å². The molecular weight excluding hydrogens is 450 g/mol. The van der Waals surface area contributed by atoms with Crippen molar-refractivity contribution in [1.82, 2.24) is 15.3 Å². The van der Waals surface area contributed by atoms with Crippen molar-refractivity contribution in [2.75, 3.05) is 0 Å². The van der Waals surface area contributed by atoms with E-state index >= 15 is 0 Å². The van der Waals surface area contributed by atoms with E-state index in [1.54, 1.807) is 24.5 Å². The molecule has 3 aromatic carbocycles. The highest BCUT2D eigenvalue weighted by atomic mass is 32.2. The second-order valence-electron chi connectivity index (χ2n) is 7.83. The zero-order chi connectivity index (χ0) is 23.5. The number of sulfone groups is 1. The van der Waals surface area contributed by atoms with E-state index in [4.69, 9.17) is 4.42 Å². The predicted molar refractivity (Wildman–Crippen MR) is 128 cm³/mol. The van der Waals surface area contributed by atoms with Gasteiger partial charge in [0.15, 0.2) is 15.6 Å². The SMILES string of the molecule is O=C(NC(c1ccccc1)c1ccc2nc[nH]c2c1)c1ccc(CS(=O)(=O)c2ccccc2)o1. The average Bonchev–Trinajstić information content (AvgIpc) is 3.52. The number of imidazole rings is 1. The molecule has 1 amide bonds. The minimum atomic E-state index is -3.58. The van der Waals surface area contributed by atoms with Crippen LogP contribution < -0.4 is 5.32 Å². The van der Waals surface area contributed by atoms with Crippen LogP contribution in [-0.4, -0.2) is 24.3 Å². The molecule has 2 N–H and O–H groups in total. The van der Waals surface area contributed by atoms with E-state index in [2.05, 4.69) is 15.3 Å². The molecule has 0 aliphatic carbocycles. The monoisotopic (exact) mass is 471 g/mol. The van der Waals surface area contributed by atoms with Crippen LogP contribution in [0.15, 0.2) is 107 Å². The smallest absolute Gasteiger partial charge is 0.287 e. The Balaban J connectivity index is 1.39. The second-order valence-corrected chi connectivity index (χ2v) is 9.82. The Hall–Kier alpha value is -4.17. The highest BCUT2D eigenvalue weighted by Gasteiger charge is 2.22. The van der Waals surface area contributed by atoms with Gasteiger partial charge in [-0.3, -0.25) is 4.79 Å². The number of H-pyrrole nitrogens is 1. The third-order valence-corrected chi connectivity index (χ3v) is 7.16. The van der Waals surface area contributed by atoms with Crippen molar-refractivity contribution in [3.63, 3.8) is 0 Å². The Bertz CT molecular complexity index is 1540. The number of benzene rings is 3. The van der Waals surface area contributed by atoms with Crippen LogP contribution in [0.1, 0.15) is 33.5 Å². The first-order valence-electron chi connectivity index (χ1n) is 10.6. The number of amides is 1. The molecular formula is C26H21N3O4S. The molecule has 7 nitrogen and oxygen atoms in total. The molecule has 1 unspecified atom stereocenters. The maximum Gasteiger partial charge on any atom is 0.287 e. The number of hydrogen-bond acceptors (Lipinski definition) is 5. The second kappa shape index (κ2) is 8.99. The molecule has 0 fully saturated rings. The summed E-state index contributed by atoms with van der Waals surface area (Å²) < 4.78 is 30.9. The van der Waals surface area contributed by atoms with Gasteiger partial charge in [-0.1, -0.05) is 54.6 Å². The summed E-state index contributed by atoms with van der Waals surface area (Å²) >= 11 is 0. The van der Waals surface area contributed by atoms with Gasteiger partial charge in [0.1, 0.15) is 11.5 Å². The minimum absolute atomic E-state index is 0.0433. The van der Waals surface area contributed by atoms with Gasteiger partial charge in [-0.05, 0) is 47.5 Å². The Morgan fingerprint density at radius 1 is 0.912 bits per heavy atom. The van der Waals surface area contributed by atoms with Crippen LogP contribution in [0.3, 0.4) is 0 Å². The Labute approximate surface area is 196 Å². The first kappa shape index (κ1) is 21.7. The lowest BCUT2D eigenvalue weighted by Gasteiger charge is -2.19. The van der Waals surface area contributed by atoms with Crippen LogP contribution in [0.5, 0.6) is 0 Å². The molecule has 0 saturated carbocycles. The molecule has 5 aromatic rings. The predicted octanol–water partition coefficient (Wildman–Crippen LogP) is 4.65. The molecule has 0 spiro atoms. The number of hydrogen-bond donors (Lipinski definition) is 2. The fourth-order valence-corrected chi connectivity index (χ4v) is 5.08. The Kier molecular flexibility index (Phi) is 5.73. The topological polar surface area (TPSA) is 105 Å². The number of nitrogens with zero attached hydrogens (tertiary/aromatic N) is 1. The van der Waals surface area contributed by atoms with Gasteiger partial charge in [0, 0.05) is 0 Å². The summed E-state index contributed by atoms with van der Waals surface area (Å²) in [5, 5.41) is 3.01. The highest BCUT2D eigenvalue weighted by molar-refractivity contribution is 7.90. The molecule has 0 bridgehead atoms. The number of rotatable bonds is 7. The first-order valence-corrected chi connectivity index (χ1v) is 12.3. The van der Waals surface area contributed by atoms with Crippen LogP contribution in [0.25, 0.3) is 11.0 Å². The molecule has 5 rings (SSSR count). The number of nitrogens with one attached hydrogen (secondary N) is 2. The standard InChI is InChI=1S/C26H21N3O4S/c30-26(24-14-12-20(33-24)16-34(31,32)21-9-5-2-6-10-21)29-25(18-7-3-1-4-8-18)19-11-13-22-23(15-19)28-17-27-22/h1-15,17,25H,16H2,(H,27,28)(H,29,30). The number of furan rings is 1. The van der Waals surface area contributed by atoms with Crippen molar-refractivity contribution in [1.29, 1.82) is 0 Å². The normalized spacial score (nSPS) is 12.5. The molecule has 8 heteroatoms. The number of carbonyl (C=O) groups excluding carboxylic acids is 1. The van der Waals surface area contributed by atoms with Gasteiger partial charge < -0.3 is 14.7 Å². The van der Waals surface area contributed by atoms with E-state index < -0.39 is 21.8 Å². The van der Waals surface area contributed by atoms with E-state index in [1.165, 1.54) is 24.3 Å². The third kappa shape index (κ3) is 4.49. The highest BCUT2D eigenvalue weighted by Crippen LogP contribution is 2.26. The van der Waals surface area contributed by atoms with Crippen molar-refractivity contribution in [2.45, 2.75) is 16.7 Å². The minimum Gasteiger partial charge on any atom is -0.455 e. The van der Waals surface area contributed by atoms with Crippen molar-refractivity contribution in [2.24, 2.45) is 0 Å².